The standard InChI is InChI=1S/C11H13BrFNO/c1-14-6-5-9(15)7-8-3-2-4-10(13)11(8)12/h2-4,14H,5-7H2,1H3. The summed E-state index contributed by atoms with van der Waals surface area (Å²) in [6, 6.07) is 4.73. The van der Waals surface area contributed by atoms with E-state index in [1.807, 2.05) is 0 Å². The second-order valence-corrected chi connectivity index (χ2v) is 4.07. The molecule has 0 saturated carbocycles. The van der Waals surface area contributed by atoms with Gasteiger partial charge in [-0.15, -0.1) is 0 Å². The third kappa shape index (κ3) is 3.72. The molecule has 0 heterocycles. The van der Waals surface area contributed by atoms with E-state index in [4.69, 9.17) is 0 Å². The minimum atomic E-state index is -0.325. The van der Waals surface area contributed by atoms with Gasteiger partial charge in [-0.1, -0.05) is 12.1 Å². The van der Waals surface area contributed by atoms with E-state index in [2.05, 4.69) is 21.2 Å². The van der Waals surface area contributed by atoms with Crippen LogP contribution in [-0.2, 0) is 11.2 Å². The quantitative estimate of drug-likeness (QED) is 0.892. The Hall–Kier alpha value is -0.740. The molecule has 0 fully saturated rings. The molecule has 4 heteroatoms. The Balaban J connectivity index is 2.64. The number of ketones is 1. The maximum atomic E-state index is 13.1. The second-order valence-electron chi connectivity index (χ2n) is 3.28. The van der Waals surface area contributed by atoms with E-state index in [0.717, 1.165) is 0 Å². The van der Waals surface area contributed by atoms with Gasteiger partial charge in [0.05, 0.1) is 4.47 Å². The molecule has 0 radical (unpaired) electrons. The zero-order chi connectivity index (χ0) is 11.3. The fraction of sp³-hybridized carbons (Fsp3) is 0.364. The monoisotopic (exact) mass is 273 g/mol. The largest absolute Gasteiger partial charge is 0.319 e. The summed E-state index contributed by atoms with van der Waals surface area (Å²) >= 11 is 3.13. The molecule has 2 nitrogen and oxygen atoms in total. The van der Waals surface area contributed by atoms with Crippen molar-refractivity contribution in [2.45, 2.75) is 12.8 Å². The maximum Gasteiger partial charge on any atom is 0.138 e. The molecule has 0 bridgehead atoms. The molecule has 0 aliphatic rings. The number of Topliss-reactive ketones (excluding diaryl/α,β-unsaturated/α-hetero) is 1. The van der Waals surface area contributed by atoms with Crippen LogP contribution in [0.5, 0.6) is 0 Å². The predicted octanol–water partition coefficient (Wildman–Crippen LogP) is 2.31. The first kappa shape index (κ1) is 12.3. The van der Waals surface area contributed by atoms with Crippen LogP contribution in [0.1, 0.15) is 12.0 Å². The van der Waals surface area contributed by atoms with Crippen molar-refractivity contribution in [3.05, 3.63) is 34.1 Å². The molecule has 0 saturated heterocycles. The molecule has 0 aliphatic carbocycles. The molecular weight excluding hydrogens is 261 g/mol. The molecule has 1 aromatic carbocycles. The number of hydrogen-bond donors (Lipinski definition) is 1. The SMILES string of the molecule is CNCCC(=O)Cc1cccc(F)c1Br. The van der Waals surface area contributed by atoms with E-state index in [0.29, 0.717) is 23.0 Å². The van der Waals surface area contributed by atoms with Crippen molar-refractivity contribution >= 4 is 21.7 Å². The van der Waals surface area contributed by atoms with Crippen molar-refractivity contribution < 1.29 is 9.18 Å². The second kappa shape index (κ2) is 5.98. The first-order valence-electron chi connectivity index (χ1n) is 4.74. The highest BCUT2D eigenvalue weighted by atomic mass is 79.9. The summed E-state index contributed by atoms with van der Waals surface area (Å²) in [7, 11) is 1.80. The van der Waals surface area contributed by atoms with Crippen molar-refractivity contribution in [1.29, 1.82) is 0 Å². The van der Waals surface area contributed by atoms with Gasteiger partial charge in [-0.2, -0.15) is 0 Å². The van der Waals surface area contributed by atoms with Gasteiger partial charge >= 0.3 is 0 Å². The van der Waals surface area contributed by atoms with Gasteiger partial charge < -0.3 is 5.32 Å². The van der Waals surface area contributed by atoms with Crippen LogP contribution in [-0.4, -0.2) is 19.4 Å². The lowest BCUT2D eigenvalue weighted by molar-refractivity contribution is -0.118. The molecule has 82 valence electrons. The average Bonchev–Trinajstić information content (AvgIpc) is 2.22. The summed E-state index contributed by atoms with van der Waals surface area (Å²) in [6.45, 7) is 0.659. The molecule has 0 amide bonds. The number of carbonyl (C=O) groups is 1. The molecule has 1 N–H and O–H groups in total. The summed E-state index contributed by atoms with van der Waals surface area (Å²) in [4.78, 5) is 11.5. The zero-order valence-corrected chi connectivity index (χ0v) is 10.1. The van der Waals surface area contributed by atoms with Gasteiger partial charge in [0.15, 0.2) is 0 Å². The lowest BCUT2D eigenvalue weighted by atomic mass is 10.1. The minimum Gasteiger partial charge on any atom is -0.319 e. The molecule has 1 aromatic rings. The summed E-state index contributed by atoms with van der Waals surface area (Å²) in [5.41, 5.74) is 0.705. The van der Waals surface area contributed by atoms with Crippen molar-refractivity contribution in [3.63, 3.8) is 0 Å². The summed E-state index contributed by atoms with van der Waals surface area (Å²) in [6.07, 6.45) is 0.749. The van der Waals surface area contributed by atoms with Gasteiger partial charge in [-0.25, -0.2) is 4.39 Å². The van der Waals surface area contributed by atoms with Crippen molar-refractivity contribution in [2.75, 3.05) is 13.6 Å². The molecule has 0 aliphatic heterocycles. The van der Waals surface area contributed by atoms with E-state index in [9.17, 15) is 9.18 Å². The van der Waals surface area contributed by atoms with Gasteiger partial charge in [0.1, 0.15) is 11.6 Å². The molecule has 0 unspecified atom stereocenters. The Morgan fingerprint density at radius 3 is 2.93 bits per heavy atom. The van der Waals surface area contributed by atoms with Gasteiger partial charge in [-0.3, -0.25) is 4.79 Å². The van der Waals surface area contributed by atoms with Crippen LogP contribution in [0.15, 0.2) is 22.7 Å². The molecule has 1 rings (SSSR count). The van der Waals surface area contributed by atoms with Crippen molar-refractivity contribution in [1.82, 2.24) is 5.32 Å². The Labute approximate surface area is 97.0 Å². The van der Waals surface area contributed by atoms with E-state index < -0.39 is 0 Å². The highest BCUT2D eigenvalue weighted by Crippen LogP contribution is 2.21. The fourth-order valence-electron chi connectivity index (χ4n) is 1.25. The first-order valence-corrected chi connectivity index (χ1v) is 5.53. The van der Waals surface area contributed by atoms with Crippen LogP contribution in [0.3, 0.4) is 0 Å². The van der Waals surface area contributed by atoms with E-state index in [1.165, 1.54) is 6.07 Å². The van der Waals surface area contributed by atoms with E-state index in [-0.39, 0.29) is 18.0 Å². The summed E-state index contributed by atoms with van der Waals surface area (Å²) < 4.78 is 13.5. The summed E-state index contributed by atoms with van der Waals surface area (Å²) in [5.74, 6) is -0.218. The number of halogens is 2. The van der Waals surface area contributed by atoms with Crippen LogP contribution in [0.4, 0.5) is 4.39 Å². The zero-order valence-electron chi connectivity index (χ0n) is 8.52. The number of hydrogen-bond acceptors (Lipinski definition) is 2. The molecular formula is C11H13BrFNO. The lowest BCUT2D eigenvalue weighted by Crippen LogP contribution is -2.14. The highest BCUT2D eigenvalue weighted by molar-refractivity contribution is 9.10. The van der Waals surface area contributed by atoms with Crippen molar-refractivity contribution in [2.24, 2.45) is 0 Å². The third-order valence-corrected chi connectivity index (χ3v) is 2.96. The minimum absolute atomic E-state index is 0.107. The Kier molecular flexibility index (Phi) is 4.91. The number of carbonyl (C=O) groups excluding carboxylic acids is 1. The number of nitrogens with one attached hydrogen (secondary N) is 1. The smallest absolute Gasteiger partial charge is 0.138 e. The number of benzene rings is 1. The van der Waals surface area contributed by atoms with Crippen LogP contribution >= 0.6 is 15.9 Å². The van der Waals surface area contributed by atoms with Gasteiger partial charge in [0.2, 0.25) is 0 Å². The fourth-order valence-corrected chi connectivity index (χ4v) is 1.65. The van der Waals surface area contributed by atoms with Gasteiger partial charge in [0.25, 0.3) is 0 Å². The van der Waals surface area contributed by atoms with Crippen LogP contribution in [0, 0.1) is 5.82 Å². The maximum absolute atomic E-state index is 13.1. The van der Waals surface area contributed by atoms with Crippen LogP contribution < -0.4 is 5.32 Å². The Morgan fingerprint density at radius 1 is 1.53 bits per heavy atom. The number of rotatable bonds is 5. The molecule has 15 heavy (non-hydrogen) atoms. The normalized spacial score (nSPS) is 10.3. The van der Waals surface area contributed by atoms with Gasteiger partial charge in [-0.05, 0) is 34.6 Å². The topological polar surface area (TPSA) is 29.1 Å². The molecule has 0 spiro atoms. The Morgan fingerprint density at radius 2 is 2.27 bits per heavy atom. The van der Waals surface area contributed by atoms with Crippen LogP contribution in [0.2, 0.25) is 0 Å². The van der Waals surface area contributed by atoms with E-state index >= 15 is 0 Å². The van der Waals surface area contributed by atoms with Gasteiger partial charge in [0, 0.05) is 19.4 Å². The van der Waals surface area contributed by atoms with E-state index in [1.54, 1.807) is 19.2 Å². The predicted molar refractivity (Wildman–Crippen MR) is 61.4 cm³/mol. The lowest BCUT2D eigenvalue weighted by Gasteiger charge is -2.04. The molecule has 0 aromatic heterocycles. The summed E-state index contributed by atoms with van der Waals surface area (Å²) in [5, 5.41) is 2.90. The van der Waals surface area contributed by atoms with Crippen molar-refractivity contribution in [3.8, 4) is 0 Å². The highest BCUT2D eigenvalue weighted by Gasteiger charge is 2.09. The Bertz CT molecular complexity index is 354. The average molecular weight is 274 g/mol. The third-order valence-electron chi connectivity index (χ3n) is 2.07. The van der Waals surface area contributed by atoms with Crippen LogP contribution in [0.25, 0.3) is 0 Å². The first-order chi connectivity index (χ1) is 7.15. The molecule has 0 atom stereocenters.